The van der Waals surface area contributed by atoms with E-state index < -0.39 is 0 Å². The Hall–Kier alpha value is -2.46. The average Bonchev–Trinajstić information content (AvgIpc) is 2.93. The fourth-order valence-electron chi connectivity index (χ4n) is 3.00. The summed E-state index contributed by atoms with van der Waals surface area (Å²) in [4.78, 5) is 18.9. The van der Waals surface area contributed by atoms with Crippen molar-refractivity contribution in [2.45, 2.75) is 41.2 Å². The molecule has 1 heterocycles. The first kappa shape index (κ1) is 18.3. The van der Waals surface area contributed by atoms with E-state index >= 15 is 0 Å². The third-order valence-electron chi connectivity index (χ3n) is 4.67. The van der Waals surface area contributed by atoms with Crippen LogP contribution in [0.2, 0.25) is 0 Å². The summed E-state index contributed by atoms with van der Waals surface area (Å²) in [5.41, 5.74) is 6.63. The topological polar surface area (TPSA) is 34.4 Å². The van der Waals surface area contributed by atoms with Gasteiger partial charge in [-0.2, -0.15) is 4.99 Å². The Bertz CT molecular complexity index is 1020. The van der Waals surface area contributed by atoms with Gasteiger partial charge in [0.1, 0.15) is 0 Å². The fraction of sp³-hybridized carbons (Fsp3) is 0.273. The predicted molar refractivity (Wildman–Crippen MR) is 109 cm³/mol. The summed E-state index contributed by atoms with van der Waals surface area (Å²) in [5, 5.41) is 0. The Labute approximate surface area is 158 Å². The van der Waals surface area contributed by atoms with Crippen LogP contribution >= 0.6 is 11.3 Å². The Morgan fingerprint density at radius 2 is 1.69 bits per heavy atom. The molecule has 0 saturated carbocycles. The molecule has 1 aromatic heterocycles. The van der Waals surface area contributed by atoms with E-state index in [9.17, 15) is 4.79 Å². The quantitative estimate of drug-likeness (QED) is 0.628. The van der Waals surface area contributed by atoms with Crippen molar-refractivity contribution in [3.63, 3.8) is 0 Å². The van der Waals surface area contributed by atoms with Crippen molar-refractivity contribution in [3.05, 3.63) is 74.4 Å². The van der Waals surface area contributed by atoms with Crippen molar-refractivity contribution >= 4 is 17.2 Å². The molecule has 0 aliphatic carbocycles. The van der Waals surface area contributed by atoms with Crippen molar-refractivity contribution in [2.24, 2.45) is 4.99 Å². The zero-order chi connectivity index (χ0) is 18.8. The van der Waals surface area contributed by atoms with E-state index in [4.69, 9.17) is 0 Å². The van der Waals surface area contributed by atoms with E-state index in [1.54, 1.807) is 11.3 Å². The monoisotopic (exact) mass is 364 g/mol. The van der Waals surface area contributed by atoms with Crippen LogP contribution in [0.5, 0.6) is 0 Å². The Balaban J connectivity index is 2.10. The standard InChI is InChI=1S/C22H24N2OS/c1-6-24-20(19-12-9-15(3)16(4)13-19)17(5)26-22(24)23-21(25)18-10-7-14(2)8-11-18/h7-13H,6H2,1-5H3. The number of amides is 1. The number of benzene rings is 2. The smallest absolute Gasteiger partial charge is 0.279 e. The molecule has 134 valence electrons. The number of aryl methyl sites for hydroxylation is 4. The SMILES string of the molecule is CCn1c(-c2ccc(C)c(C)c2)c(C)sc1=NC(=O)c1ccc(C)cc1. The lowest BCUT2D eigenvalue weighted by atomic mass is 10.0. The molecule has 0 atom stereocenters. The summed E-state index contributed by atoms with van der Waals surface area (Å²) in [7, 11) is 0. The molecule has 4 heteroatoms. The molecule has 0 aliphatic rings. The van der Waals surface area contributed by atoms with Crippen LogP contribution in [0, 0.1) is 27.7 Å². The van der Waals surface area contributed by atoms with Crippen LogP contribution in [0.1, 0.15) is 38.8 Å². The van der Waals surface area contributed by atoms with Crippen LogP contribution in [0.25, 0.3) is 11.3 Å². The molecule has 0 bridgehead atoms. The molecule has 0 aliphatic heterocycles. The summed E-state index contributed by atoms with van der Waals surface area (Å²) >= 11 is 1.57. The van der Waals surface area contributed by atoms with Crippen LogP contribution in [0.4, 0.5) is 0 Å². The number of nitrogens with zero attached hydrogens (tertiary/aromatic N) is 2. The number of hydrogen-bond donors (Lipinski definition) is 0. The normalized spacial score (nSPS) is 11.8. The second-order valence-electron chi connectivity index (χ2n) is 6.62. The van der Waals surface area contributed by atoms with E-state index in [-0.39, 0.29) is 5.91 Å². The van der Waals surface area contributed by atoms with Crippen LogP contribution < -0.4 is 4.80 Å². The number of aromatic nitrogens is 1. The van der Waals surface area contributed by atoms with Crippen molar-refractivity contribution in [2.75, 3.05) is 0 Å². The zero-order valence-corrected chi connectivity index (χ0v) is 16.8. The van der Waals surface area contributed by atoms with Crippen molar-refractivity contribution in [3.8, 4) is 11.3 Å². The molecule has 0 radical (unpaired) electrons. The summed E-state index contributed by atoms with van der Waals surface area (Å²) in [5.74, 6) is -0.194. The molecule has 3 aromatic rings. The highest BCUT2D eigenvalue weighted by molar-refractivity contribution is 7.09. The first-order valence-corrected chi connectivity index (χ1v) is 9.66. The van der Waals surface area contributed by atoms with Gasteiger partial charge in [-0.3, -0.25) is 4.79 Å². The van der Waals surface area contributed by atoms with Gasteiger partial charge in [0.2, 0.25) is 0 Å². The summed E-state index contributed by atoms with van der Waals surface area (Å²) < 4.78 is 2.14. The Kier molecular flexibility index (Phi) is 5.23. The van der Waals surface area contributed by atoms with Gasteiger partial charge >= 0.3 is 0 Å². The highest BCUT2D eigenvalue weighted by Crippen LogP contribution is 2.27. The zero-order valence-electron chi connectivity index (χ0n) is 16.0. The van der Waals surface area contributed by atoms with Crippen LogP contribution in [0.15, 0.2) is 47.5 Å². The second kappa shape index (κ2) is 7.42. The summed E-state index contributed by atoms with van der Waals surface area (Å²) in [6.07, 6.45) is 0. The molecule has 1 amide bonds. The minimum atomic E-state index is -0.194. The molecular formula is C22H24N2OS. The molecule has 26 heavy (non-hydrogen) atoms. The lowest BCUT2D eigenvalue weighted by Gasteiger charge is -2.10. The van der Waals surface area contributed by atoms with E-state index in [1.807, 2.05) is 31.2 Å². The number of carbonyl (C=O) groups excluding carboxylic acids is 1. The second-order valence-corrected chi connectivity index (χ2v) is 7.80. The molecule has 0 fully saturated rings. The van der Waals surface area contributed by atoms with E-state index in [2.05, 4.69) is 55.5 Å². The van der Waals surface area contributed by atoms with Crippen LogP contribution in [0.3, 0.4) is 0 Å². The molecule has 2 aromatic carbocycles. The lowest BCUT2D eigenvalue weighted by Crippen LogP contribution is -2.17. The number of carbonyl (C=O) groups is 1. The van der Waals surface area contributed by atoms with Gasteiger partial charge in [-0.25, -0.2) is 0 Å². The summed E-state index contributed by atoms with van der Waals surface area (Å²) in [6, 6.07) is 14.1. The molecule has 0 saturated heterocycles. The van der Waals surface area contributed by atoms with E-state index in [0.29, 0.717) is 5.56 Å². The maximum absolute atomic E-state index is 12.6. The molecule has 3 nitrogen and oxygen atoms in total. The molecule has 0 N–H and O–H groups in total. The highest BCUT2D eigenvalue weighted by Gasteiger charge is 2.13. The molecule has 0 spiro atoms. The first-order chi connectivity index (χ1) is 12.4. The number of hydrogen-bond acceptors (Lipinski definition) is 2. The third kappa shape index (κ3) is 3.56. The fourth-order valence-corrected chi connectivity index (χ4v) is 4.06. The number of thiazole rings is 1. The van der Waals surface area contributed by atoms with Crippen molar-refractivity contribution in [1.29, 1.82) is 0 Å². The lowest BCUT2D eigenvalue weighted by molar-refractivity contribution is 0.0998. The van der Waals surface area contributed by atoms with Crippen LogP contribution in [-0.2, 0) is 6.54 Å². The largest absolute Gasteiger partial charge is 0.316 e. The maximum atomic E-state index is 12.6. The predicted octanol–water partition coefficient (Wildman–Crippen LogP) is 5.21. The van der Waals surface area contributed by atoms with Gasteiger partial charge < -0.3 is 4.57 Å². The molecular weight excluding hydrogens is 340 g/mol. The summed E-state index contributed by atoms with van der Waals surface area (Å²) in [6.45, 7) is 11.2. The van der Waals surface area contributed by atoms with Crippen LogP contribution in [-0.4, -0.2) is 10.5 Å². The van der Waals surface area contributed by atoms with E-state index in [1.165, 1.54) is 21.6 Å². The first-order valence-electron chi connectivity index (χ1n) is 8.84. The third-order valence-corrected chi connectivity index (χ3v) is 5.66. The van der Waals surface area contributed by atoms with Gasteiger partial charge in [0, 0.05) is 17.0 Å². The number of rotatable bonds is 3. The van der Waals surface area contributed by atoms with Gasteiger partial charge in [-0.05, 0) is 69.5 Å². The Morgan fingerprint density at radius 3 is 2.31 bits per heavy atom. The van der Waals surface area contributed by atoms with Gasteiger partial charge in [0.05, 0.1) is 5.69 Å². The molecule has 3 rings (SSSR count). The highest BCUT2D eigenvalue weighted by atomic mass is 32.1. The van der Waals surface area contributed by atoms with Gasteiger partial charge in [0.15, 0.2) is 4.80 Å². The average molecular weight is 365 g/mol. The van der Waals surface area contributed by atoms with Crippen molar-refractivity contribution in [1.82, 2.24) is 4.57 Å². The van der Waals surface area contributed by atoms with Gasteiger partial charge in [-0.15, -0.1) is 11.3 Å². The van der Waals surface area contributed by atoms with Gasteiger partial charge in [-0.1, -0.05) is 29.8 Å². The van der Waals surface area contributed by atoms with E-state index in [0.717, 1.165) is 22.6 Å². The minimum Gasteiger partial charge on any atom is -0.316 e. The molecule has 0 unspecified atom stereocenters. The van der Waals surface area contributed by atoms with Gasteiger partial charge in [0.25, 0.3) is 5.91 Å². The maximum Gasteiger partial charge on any atom is 0.279 e. The Morgan fingerprint density at radius 1 is 1.00 bits per heavy atom. The van der Waals surface area contributed by atoms with Crippen molar-refractivity contribution < 1.29 is 4.79 Å². The minimum absolute atomic E-state index is 0.194.